The Morgan fingerprint density at radius 2 is 2.24 bits per heavy atom. The number of aldehydes is 1. The largest absolute Gasteiger partial charge is 0.365 e. The molecule has 0 bridgehead atoms. The molecule has 2 aromatic rings. The Hall–Kier alpha value is -1.94. The van der Waals surface area contributed by atoms with E-state index in [9.17, 15) is 4.79 Å². The summed E-state index contributed by atoms with van der Waals surface area (Å²) in [7, 11) is 0. The molecule has 0 aliphatic rings. The second kappa shape index (κ2) is 5.41. The van der Waals surface area contributed by atoms with E-state index in [1.54, 1.807) is 30.7 Å². The van der Waals surface area contributed by atoms with Crippen LogP contribution in [0.15, 0.2) is 36.8 Å². The normalized spacial score (nSPS) is 9.94. The van der Waals surface area contributed by atoms with E-state index >= 15 is 0 Å². The molecule has 0 aliphatic carbocycles. The summed E-state index contributed by atoms with van der Waals surface area (Å²) < 4.78 is 0. The number of pyridine rings is 2. The molecule has 0 aliphatic heterocycles. The topological polar surface area (TPSA) is 54.9 Å². The SMILES string of the molecule is O=Cc1cccnc1NCc1ccncc1Cl. The quantitative estimate of drug-likeness (QED) is 0.844. The minimum Gasteiger partial charge on any atom is -0.365 e. The molecule has 0 fully saturated rings. The number of nitrogens with zero attached hydrogens (tertiary/aromatic N) is 2. The molecule has 2 rings (SSSR count). The van der Waals surface area contributed by atoms with E-state index in [1.165, 1.54) is 0 Å². The van der Waals surface area contributed by atoms with E-state index in [2.05, 4.69) is 15.3 Å². The Bertz CT molecular complexity index is 531. The first-order valence-corrected chi connectivity index (χ1v) is 5.41. The highest BCUT2D eigenvalue weighted by Crippen LogP contribution is 2.16. The standard InChI is InChI=1S/C12H10ClN3O/c13-11-7-14-5-3-9(11)6-16-12-10(8-17)2-1-4-15-12/h1-5,7-8H,6H2,(H,15,16). The van der Waals surface area contributed by atoms with Crippen molar-refractivity contribution in [3.8, 4) is 0 Å². The molecular formula is C12H10ClN3O. The van der Waals surface area contributed by atoms with Crippen LogP contribution in [0, 0.1) is 0 Å². The predicted molar refractivity (Wildman–Crippen MR) is 66.2 cm³/mol. The third kappa shape index (κ3) is 2.79. The Balaban J connectivity index is 2.13. The molecular weight excluding hydrogens is 238 g/mol. The smallest absolute Gasteiger partial charge is 0.153 e. The highest BCUT2D eigenvalue weighted by atomic mass is 35.5. The van der Waals surface area contributed by atoms with Crippen molar-refractivity contribution in [2.45, 2.75) is 6.54 Å². The van der Waals surface area contributed by atoms with Gasteiger partial charge in [-0.15, -0.1) is 0 Å². The molecule has 0 saturated heterocycles. The van der Waals surface area contributed by atoms with Crippen LogP contribution in [-0.2, 0) is 6.54 Å². The van der Waals surface area contributed by atoms with Crippen LogP contribution in [0.3, 0.4) is 0 Å². The molecule has 0 spiro atoms. The number of anilines is 1. The molecule has 86 valence electrons. The summed E-state index contributed by atoms with van der Waals surface area (Å²) in [5.74, 6) is 0.551. The van der Waals surface area contributed by atoms with Gasteiger partial charge < -0.3 is 5.32 Å². The summed E-state index contributed by atoms with van der Waals surface area (Å²) >= 11 is 5.97. The third-order valence-corrected chi connectivity index (χ3v) is 2.61. The fourth-order valence-electron chi connectivity index (χ4n) is 1.39. The maximum Gasteiger partial charge on any atom is 0.153 e. The summed E-state index contributed by atoms with van der Waals surface area (Å²) in [6.45, 7) is 0.499. The number of hydrogen-bond donors (Lipinski definition) is 1. The van der Waals surface area contributed by atoms with Gasteiger partial charge in [-0.25, -0.2) is 4.98 Å². The molecule has 0 aromatic carbocycles. The van der Waals surface area contributed by atoms with Crippen LogP contribution in [0.5, 0.6) is 0 Å². The van der Waals surface area contributed by atoms with Gasteiger partial charge in [0.05, 0.1) is 10.6 Å². The van der Waals surface area contributed by atoms with Crippen molar-refractivity contribution in [1.29, 1.82) is 0 Å². The summed E-state index contributed by atoms with van der Waals surface area (Å²) in [5, 5.41) is 3.65. The van der Waals surface area contributed by atoms with Gasteiger partial charge in [0, 0.05) is 25.1 Å². The van der Waals surface area contributed by atoms with Gasteiger partial charge in [0.25, 0.3) is 0 Å². The Morgan fingerprint density at radius 1 is 1.35 bits per heavy atom. The zero-order valence-corrected chi connectivity index (χ0v) is 9.69. The molecule has 0 amide bonds. The maximum absolute atomic E-state index is 10.8. The second-order valence-electron chi connectivity index (χ2n) is 3.38. The molecule has 0 unspecified atom stereocenters. The van der Waals surface area contributed by atoms with Crippen LogP contribution in [0.2, 0.25) is 5.02 Å². The van der Waals surface area contributed by atoms with E-state index in [0.29, 0.717) is 22.9 Å². The van der Waals surface area contributed by atoms with Crippen molar-refractivity contribution in [2.75, 3.05) is 5.32 Å². The van der Waals surface area contributed by atoms with Crippen LogP contribution >= 0.6 is 11.6 Å². The lowest BCUT2D eigenvalue weighted by Gasteiger charge is -2.08. The summed E-state index contributed by atoms with van der Waals surface area (Å²) in [6, 6.07) is 5.24. The molecule has 2 heterocycles. The highest BCUT2D eigenvalue weighted by molar-refractivity contribution is 6.31. The first-order chi connectivity index (χ1) is 8.31. The van der Waals surface area contributed by atoms with Crippen LogP contribution < -0.4 is 5.32 Å². The average Bonchev–Trinajstić information content (AvgIpc) is 2.38. The van der Waals surface area contributed by atoms with Crippen LogP contribution in [0.1, 0.15) is 15.9 Å². The first-order valence-electron chi connectivity index (χ1n) is 5.03. The van der Waals surface area contributed by atoms with Crippen molar-refractivity contribution < 1.29 is 4.79 Å². The van der Waals surface area contributed by atoms with Gasteiger partial charge in [-0.2, -0.15) is 0 Å². The van der Waals surface area contributed by atoms with Crippen molar-refractivity contribution >= 4 is 23.7 Å². The fraction of sp³-hybridized carbons (Fsp3) is 0.0833. The Morgan fingerprint density at radius 3 is 3.00 bits per heavy atom. The van der Waals surface area contributed by atoms with Crippen molar-refractivity contribution in [2.24, 2.45) is 0 Å². The minimum atomic E-state index is 0.499. The molecule has 0 radical (unpaired) electrons. The molecule has 1 N–H and O–H groups in total. The van der Waals surface area contributed by atoms with Crippen LogP contribution in [-0.4, -0.2) is 16.3 Å². The van der Waals surface area contributed by atoms with E-state index < -0.39 is 0 Å². The van der Waals surface area contributed by atoms with E-state index in [-0.39, 0.29) is 0 Å². The molecule has 0 atom stereocenters. The van der Waals surface area contributed by atoms with E-state index in [1.807, 2.05) is 6.07 Å². The zero-order valence-electron chi connectivity index (χ0n) is 8.93. The number of hydrogen-bond acceptors (Lipinski definition) is 4. The van der Waals surface area contributed by atoms with Gasteiger partial charge >= 0.3 is 0 Å². The van der Waals surface area contributed by atoms with E-state index in [0.717, 1.165) is 11.8 Å². The van der Waals surface area contributed by atoms with Gasteiger partial charge in [0.1, 0.15) is 5.82 Å². The summed E-state index contributed by atoms with van der Waals surface area (Å²) in [4.78, 5) is 18.8. The van der Waals surface area contributed by atoms with Gasteiger partial charge in [-0.3, -0.25) is 9.78 Å². The Kier molecular flexibility index (Phi) is 3.67. The minimum absolute atomic E-state index is 0.499. The fourth-order valence-corrected chi connectivity index (χ4v) is 1.57. The van der Waals surface area contributed by atoms with Gasteiger partial charge in [-0.1, -0.05) is 11.6 Å². The maximum atomic E-state index is 10.8. The molecule has 17 heavy (non-hydrogen) atoms. The monoisotopic (exact) mass is 247 g/mol. The lowest BCUT2D eigenvalue weighted by molar-refractivity contribution is 0.112. The van der Waals surface area contributed by atoms with Crippen LogP contribution in [0.25, 0.3) is 0 Å². The number of aromatic nitrogens is 2. The van der Waals surface area contributed by atoms with Gasteiger partial charge in [-0.05, 0) is 23.8 Å². The summed E-state index contributed by atoms with van der Waals surface area (Å²) in [5.41, 5.74) is 1.43. The number of nitrogens with one attached hydrogen (secondary N) is 1. The van der Waals surface area contributed by atoms with E-state index in [4.69, 9.17) is 11.6 Å². The molecule has 4 nitrogen and oxygen atoms in total. The molecule has 5 heteroatoms. The van der Waals surface area contributed by atoms with Crippen molar-refractivity contribution in [3.05, 3.63) is 52.9 Å². The highest BCUT2D eigenvalue weighted by Gasteiger charge is 2.03. The number of rotatable bonds is 4. The lowest BCUT2D eigenvalue weighted by Crippen LogP contribution is -2.04. The number of halogens is 1. The third-order valence-electron chi connectivity index (χ3n) is 2.27. The number of carbonyl (C=O) groups is 1. The van der Waals surface area contributed by atoms with Crippen LogP contribution in [0.4, 0.5) is 5.82 Å². The lowest BCUT2D eigenvalue weighted by atomic mass is 10.2. The van der Waals surface area contributed by atoms with Gasteiger partial charge in [0.15, 0.2) is 6.29 Å². The Labute approximate surface area is 104 Å². The molecule has 0 saturated carbocycles. The average molecular weight is 248 g/mol. The van der Waals surface area contributed by atoms with Gasteiger partial charge in [0.2, 0.25) is 0 Å². The number of carbonyl (C=O) groups excluding carboxylic acids is 1. The van der Waals surface area contributed by atoms with Crippen molar-refractivity contribution in [3.63, 3.8) is 0 Å². The zero-order chi connectivity index (χ0) is 12.1. The van der Waals surface area contributed by atoms with Crippen molar-refractivity contribution in [1.82, 2.24) is 9.97 Å². The second-order valence-corrected chi connectivity index (χ2v) is 3.79. The molecule has 2 aromatic heterocycles. The summed E-state index contributed by atoms with van der Waals surface area (Å²) in [6.07, 6.45) is 5.65. The predicted octanol–water partition coefficient (Wildman–Crippen LogP) is 2.55. The first kappa shape index (κ1) is 11.5.